The van der Waals surface area contributed by atoms with E-state index in [0.29, 0.717) is 10.6 Å². The summed E-state index contributed by atoms with van der Waals surface area (Å²) in [6, 6.07) is 9.29. The van der Waals surface area contributed by atoms with E-state index in [0.717, 1.165) is 16.2 Å². The average Bonchev–Trinajstić information content (AvgIpc) is 2.83. The highest BCUT2D eigenvalue weighted by Gasteiger charge is 2.14. The Bertz CT molecular complexity index is 564. The number of methoxy groups -OCH3 is 1. The summed E-state index contributed by atoms with van der Waals surface area (Å²) in [5, 5.41) is 0. The highest BCUT2D eigenvalue weighted by Crippen LogP contribution is 2.37. The van der Waals surface area contributed by atoms with Crippen molar-refractivity contribution in [1.29, 1.82) is 0 Å². The molecule has 2 aromatic rings. The van der Waals surface area contributed by atoms with Gasteiger partial charge in [0.15, 0.2) is 0 Å². The zero-order valence-electron chi connectivity index (χ0n) is 11.3. The summed E-state index contributed by atoms with van der Waals surface area (Å²) in [5.41, 5.74) is 12.3. The van der Waals surface area contributed by atoms with Gasteiger partial charge in [-0.2, -0.15) is 0 Å². The maximum Gasteiger partial charge on any atom is 0.260 e. The fourth-order valence-corrected chi connectivity index (χ4v) is 2.54. The van der Waals surface area contributed by atoms with E-state index in [1.54, 1.807) is 13.2 Å². The number of thiophene rings is 1. The summed E-state index contributed by atoms with van der Waals surface area (Å²) in [5.74, 6) is 0.235. The van der Waals surface area contributed by atoms with Crippen molar-refractivity contribution in [1.82, 2.24) is 0 Å². The molecule has 0 aliphatic heterocycles. The molecule has 0 fully saturated rings. The third kappa shape index (κ3) is 3.26. The van der Waals surface area contributed by atoms with Crippen molar-refractivity contribution < 1.29 is 9.53 Å². The Morgan fingerprint density at radius 2 is 1.89 bits per heavy atom. The van der Waals surface area contributed by atoms with Gasteiger partial charge in [0.25, 0.3) is 5.91 Å². The molecule has 102 valence electrons. The zero-order valence-corrected chi connectivity index (χ0v) is 12.1. The minimum atomic E-state index is -0.506. The van der Waals surface area contributed by atoms with Crippen LogP contribution in [0.5, 0.6) is 5.75 Å². The van der Waals surface area contributed by atoms with Gasteiger partial charge in [-0.3, -0.25) is 4.79 Å². The number of carbonyl (C=O) groups is 1. The van der Waals surface area contributed by atoms with Crippen LogP contribution in [-0.2, 0) is 0 Å². The van der Waals surface area contributed by atoms with E-state index >= 15 is 0 Å². The molecule has 0 spiro atoms. The third-order valence-electron chi connectivity index (χ3n) is 2.36. The molecule has 1 heterocycles. The Morgan fingerprint density at radius 1 is 1.26 bits per heavy atom. The number of anilines is 1. The topological polar surface area (TPSA) is 78.3 Å². The number of ether oxygens (including phenoxy) is 1. The first-order chi connectivity index (χ1) is 9.13. The number of amides is 1. The SMILES string of the molecule is CC.COc1ccccc1-c1cc(N)c(C(N)=O)s1. The molecule has 0 radical (unpaired) electrons. The number of benzene rings is 1. The highest BCUT2D eigenvalue weighted by molar-refractivity contribution is 7.18. The van der Waals surface area contributed by atoms with Gasteiger partial charge in [0.2, 0.25) is 0 Å². The van der Waals surface area contributed by atoms with Crippen LogP contribution in [0.4, 0.5) is 5.69 Å². The van der Waals surface area contributed by atoms with Crippen molar-refractivity contribution in [3.63, 3.8) is 0 Å². The largest absolute Gasteiger partial charge is 0.496 e. The first kappa shape index (κ1) is 15.0. The molecule has 1 aromatic heterocycles. The van der Waals surface area contributed by atoms with Crippen molar-refractivity contribution in [3.8, 4) is 16.2 Å². The van der Waals surface area contributed by atoms with Gasteiger partial charge in [0, 0.05) is 10.4 Å². The molecular weight excluding hydrogens is 260 g/mol. The van der Waals surface area contributed by atoms with Crippen LogP contribution >= 0.6 is 11.3 Å². The molecule has 5 heteroatoms. The van der Waals surface area contributed by atoms with Gasteiger partial charge < -0.3 is 16.2 Å². The molecular formula is C14H18N2O2S. The molecule has 0 aliphatic carbocycles. The van der Waals surface area contributed by atoms with Crippen LogP contribution in [0.2, 0.25) is 0 Å². The van der Waals surface area contributed by atoms with Crippen molar-refractivity contribution in [3.05, 3.63) is 35.2 Å². The standard InChI is InChI=1S/C12H12N2O2S.C2H6/c1-16-9-5-3-2-4-7(9)10-6-8(13)11(17-10)12(14)15;1-2/h2-6H,13H2,1H3,(H2,14,15);1-2H3. The molecule has 0 saturated carbocycles. The molecule has 0 bridgehead atoms. The normalized spacial score (nSPS) is 9.42. The summed E-state index contributed by atoms with van der Waals surface area (Å²) in [7, 11) is 1.60. The van der Waals surface area contributed by atoms with Crippen LogP contribution < -0.4 is 16.2 Å². The van der Waals surface area contributed by atoms with Crippen LogP contribution in [0, 0.1) is 0 Å². The molecule has 19 heavy (non-hydrogen) atoms. The zero-order chi connectivity index (χ0) is 14.4. The van der Waals surface area contributed by atoms with Crippen LogP contribution in [-0.4, -0.2) is 13.0 Å². The van der Waals surface area contributed by atoms with Crippen LogP contribution in [0.1, 0.15) is 23.5 Å². The lowest BCUT2D eigenvalue weighted by atomic mass is 10.1. The predicted octanol–water partition coefficient (Wildman–Crippen LogP) is 3.13. The maximum absolute atomic E-state index is 11.1. The molecule has 0 saturated heterocycles. The number of primary amides is 1. The van der Waals surface area contributed by atoms with E-state index in [-0.39, 0.29) is 0 Å². The number of hydrogen-bond acceptors (Lipinski definition) is 4. The van der Waals surface area contributed by atoms with Gasteiger partial charge in [-0.1, -0.05) is 26.0 Å². The van der Waals surface area contributed by atoms with Crippen molar-refractivity contribution >= 4 is 22.9 Å². The number of nitrogen functional groups attached to an aromatic ring is 1. The Hall–Kier alpha value is -2.01. The molecule has 0 unspecified atom stereocenters. The summed E-state index contributed by atoms with van der Waals surface area (Å²) >= 11 is 1.27. The third-order valence-corrected chi connectivity index (χ3v) is 3.56. The number of carbonyl (C=O) groups excluding carboxylic acids is 1. The van der Waals surface area contributed by atoms with Gasteiger partial charge >= 0.3 is 0 Å². The fraction of sp³-hybridized carbons (Fsp3) is 0.214. The number of rotatable bonds is 3. The Labute approximate surface area is 117 Å². The van der Waals surface area contributed by atoms with Crippen molar-refractivity contribution in [2.45, 2.75) is 13.8 Å². The van der Waals surface area contributed by atoms with Gasteiger partial charge in [0.1, 0.15) is 10.6 Å². The van der Waals surface area contributed by atoms with Crippen LogP contribution in [0.25, 0.3) is 10.4 Å². The van der Waals surface area contributed by atoms with Crippen molar-refractivity contribution in [2.75, 3.05) is 12.8 Å². The first-order valence-electron chi connectivity index (χ1n) is 5.96. The number of para-hydroxylation sites is 1. The van der Waals surface area contributed by atoms with Crippen LogP contribution in [0.3, 0.4) is 0 Å². The minimum Gasteiger partial charge on any atom is -0.496 e. The molecule has 4 N–H and O–H groups in total. The lowest BCUT2D eigenvalue weighted by Crippen LogP contribution is -2.10. The maximum atomic E-state index is 11.1. The number of nitrogens with two attached hydrogens (primary N) is 2. The Morgan fingerprint density at radius 3 is 2.42 bits per heavy atom. The van der Waals surface area contributed by atoms with E-state index in [1.807, 2.05) is 38.1 Å². The monoisotopic (exact) mass is 278 g/mol. The molecule has 0 atom stereocenters. The lowest BCUT2D eigenvalue weighted by Gasteiger charge is -2.05. The Balaban J connectivity index is 0.000000861. The average molecular weight is 278 g/mol. The molecule has 1 aromatic carbocycles. The molecule has 0 aliphatic rings. The highest BCUT2D eigenvalue weighted by atomic mass is 32.1. The molecule has 1 amide bonds. The quantitative estimate of drug-likeness (QED) is 0.905. The van der Waals surface area contributed by atoms with E-state index in [9.17, 15) is 4.79 Å². The number of hydrogen-bond donors (Lipinski definition) is 2. The molecule has 4 nitrogen and oxygen atoms in total. The summed E-state index contributed by atoms with van der Waals surface area (Å²) in [6.07, 6.45) is 0. The summed E-state index contributed by atoms with van der Waals surface area (Å²) < 4.78 is 5.26. The minimum absolute atomic E-state index is 0.380. The van der Waals surface area contributed by atoms with E-state index in [4.69, 9.17) is 16.2 Å². The van der Waals surface area contributed by atoms with E-state index < -0.39 is 5.91 Å². The van der Waals surface area contributed by atoms with Gasteiger partial charge in [-0.25, -0.2) is 0 Å². The van der Waals surface area contributed by atoms with Gasteiger partial charge in [0.05, 0.1) is 12.8 Å². The lowest BCUT2D eigenvalue weighted by molar-refractivity contribution is 0.100. The smallest absolute Gasteiger partial charge is 0.260 e. The van der Waals surface area contributed by atoms with Gasteiger partial charge in [-0.05, 0) is 18.2 Å². The second kappa shape index (κ2) is 6.80. The second-order valence-electron chi connectivity index (χ2n) is 3.46. The fourth-order valence-electron chi connectivity index (χ4n) is 1.58. The first-order valence-corrected chi connectivity index (χ1v) is 6.77. The predicted molar refractivity (Wildman–Crippen MR) is 80.6 cm³/mol. The van der Waals surface area contributed by atoms with E-state index in [1.165, 1.54) is 11.3 Å². The summed E-state index contributed by atoms with van der Waals surface area (Å²) in [4.78, 5) is 12.4. The van der Waals surface area contributed by atoms with Gasteiger partial charge in [-0.15, -0.1) is 11.3 Å². The second-order valence-corrected chi connectivity index (χ2v) is 4.51. The summed E-state index contributed by atoms with van der Waals surface area (Å²) in [6.45, 7) is 4.00. The van der Waals surface area contributed by atoms with Crippen LogP contribution in [0.15, 0.2) is 30.3 Å². The van der Waals surface area contributed by atoms with E-state index in [2.05, 4.69) is 0 Å². The Kier molecular flexibility index (Phi) is 5.38. The molecule has 2 rings (SSSR count). The van der Waals surface area contributed by atoms with Crippen molar-refractivity contribution in [2.24, 2.45) is 5.73 Å².